The number of amides is 1. The highest BCUT2D eigenvalue weighted by Crippen LogP contribution is 2.32. The molecule has 1 aliphatic carbocycles. The zero-order valence-corrected chi connectivity index (χ0v) is 14.7. The molecule has 0 saturated carbocycles. The van der Waals surface area contributed by atoms with Crippen LogP contribution in [0.5, 0.6) is 0 Å². The number of furan rings is 1. The third-order valence-electron chi connectivity index (χ3n) is 4.64. The third kappa shape index (κ3) is 2.87. The van der Waals surface area contributed by atoms with Crippen LogP contribution in [-0.4, -0.2) is 33.6 Å². The van der Waals surface area contributed by atoms with Gasteiger partial charge in [0.1, 0.15) is 0 Å². The van der Waals surface area contributed by atoms with Crippen LogP contribution in [-0.2, 0) is 6.54 Å². The number of nitrogens with one attached hydrogen (secondary N) is 1. The van der Waals surface area contributed by atoms with Gasteiger partial charge in [-0.1, -0.05) is 24.3 Å². The fourth-order valence-corrected chi connectivity index (χ4v) is 3.26. The first-order valence-corrected chi connectivity index (χ1v) is 8.63. The highest BCUT2D eigenvalue weighted by Gasteiger charge is 2.37. The maximum atomic E-state index is 12.7. The van der Waals surface area contributed by atoms with Crippen molar-refractivity contribution < 1.29 is 18.8 Å². The smallest absolute Gasteiger partial charge is 0.287 e. The number of aryl methyl sites for hydroxylation is 1. The van der Waals surface area contributed by atoms with Crippen LogP contribution in [0, 0.1) is 6.92 Å². The molecular weight excluding hydrogens is 346 g/mol. The van der Waals surface area contributed by atoms with Gasteiger partial charge < -0.3 is 14.3 Å². The summed E-state index contributed by atoms with van der Waals surface area (Å²) in [5.74, 6) is -1.14. The molecule has 0 unspecified atom stereocenters. The van der Waals surface area contributed by atoms with Crippen molar-refractivity contribution in [3.05, 3.63) is 76.8 Å². The minimum atomic E-state index is -0.433. The Balaban J connectivity index is 1.52. The number of hydrogen-bond acceptors (Lipinski definition) is 5. The molecule has 0 saturated heterocycles. The quantitative estimate of drug-likeness (QED) is 0.550. The fourth-order valence-electron chi connectivity index (χ4n) is 3.26. The number of hydrogen-bond donors (Lipinski definition) is 1. The van der Waals surface area contributed by atoms with Gasteiger partial charge >= 0.3 is 0 Å². The molecule has 1 amide bonds. The zero-order valence-electron chi connectivity index (χ0n) is 14.7. The summed E-state index contributed by atoms with van der Waals surface area (Å²) < 4.78 is 7.46. The second-order valence-corrected chi connectivity index (χ2v) is 6.37. The van der Waals surface area contributed by atoms with Gasteiger partial charge in [0.05, 0.1) is 11.9 Å². The van der Waals surface area contributed by atoms with E-state index in [1.54, 1.807) is 43.7 Å². The van der Waals surface area contributed by atoms with E-state index < -0.39 is 5.91 Å². The van der Waals surface area contributed by atoms with Crippen LogP contribution in [0.15, 0.2) is 47.4 Å². The number of nitrogens with zero attached hydrogens (tertiary/aromatic N) is 2. The first-order valence-electron chi connectivity index (χ1n) is 8.63. The van der Waals surface area contributed by atoms with Gasteiger partial charge in [-0.05, 0) is 13.3 Å². The molecule has 1 aromatic carbocycles. The summed E-state index contributed by atoms with van der Waals surface area (Å²) in [6, 6.07) is 6.60. The molecule has 0 aliphatic heterocycles. The van der Waals surface area contributed by atoms with Crippen LogP contribution in [0.2, 0.25) is 0 Å². The van der Waals surface area contributed by atoms with Crippen molar-refractivity contribution >= 4 is 17.5 Å². The maximum Gasteiger partial charge on any atom is 0.287 e. The van der Waals surface area contributed by atoms with Crippen LogP contribution in [0.3, 0.4) is 0 Å². The lowest BCUT2D eigenvalue weighted by Gasteiger charge is -2.12. The van der Waals surface area contributed by atoms with Crippen molar-refractivity contribution in [3.8, 4) is 0 Å². The Morgan fingerprint density at radius 1 is 1.19 bits per heavy atom. The minimum Gasteiger partial charge on any atom is -0.446 e. The molecule has 0 atom stereocenters. The molecule has 0 bridgehead atoms. The number of carbonyl (C=O) groups is 3. The standard InChI is InChI=1S/C20H17N3O4/c1-12-15-16(24)13-5-2-3-6-14(13)17(25)19(15)27-18(12)20(26)22-7-4-9-23-10-8-21-11-23/h2-3,5-6,8,10-11H,4,7,9H2,1H3,(H,22,26). The molecule has 0 radical (unpaired) electrons. The Labute approximate surface area is 155 Å². The number of aromatic nitrogens is 2. The number of ketones is 2. The van der Waals surface area contributed by atoms with E-state index in [-0.39, 0.29) is 28.7 Å². The molecule has 2 heterocycles. The lowest BCUT2D eigenvalue weighted by Crippen LogP contribution is -2.25. The SMILES string of the molecule is Cc1c(C(=O)NCCCn2ccnc2)oc2c1C(=O)c1ccccc1C2=O. The van der Waals surface area contributed by atoms with E-state index in [1.807, 2.05) is 10.8 Å². The van der Waals surface area contributed by atoms with E-state index in [4.69, 9.17) is 4.42 Å². The molecule has 7 heteroatoms. The van der Waals surface area contributed by atoms with Crippen LogP contribution in [0.4, 0.5) is 0 Å². The molecular formula is C20H17N3O4. The van der Waals surface area contributed by atoms with Crippen molar-refractivity contribution in [1.82, 2.24) is 14.9 Å². The van der Waals surface area contributed by atoms with Gasteiger partial charge in [0.25, 0.3) is 5.91 Å². The Morgan fingerprint density at radius 2 is 1.93 bits per heavy atom. The molecule has 136 valence electrons. The monoisotopic (exact) mass is 363 g/mol. The Bertz CT molecular complexity index is 1050. The summed E-state index contributed by atoms with van der Waals surface area (Å²) in [5.41, 5.74) is 1.22. The molecule has 7 nitrogen and oxygen atoms in total. The minimum absolute atomic E-state index is 0.0112. The fraction of sp³-hybridized carbons (Fsp3) is 0.200. The summed E-state index contributed by atoms with van der Waals surface area (Å²) in [5, 5.41) is 2.77. The van der Waals surface area contributed by atoms with E-state index in [1.165, 1.54) is 0 Å². The van der Waals surface area contributed by atoms with Gasteiger partial charge in [0.15, 0.2) is 17.3 Å². The molecule has 27 heavy (non-hydrogen) atoms. The summed E-state index contributed by atoms with van der Waals surface area (Å²) in [7, 11) is 0. The normalized spacial score (nSPS) is 12.6. The number of benzene rings is 1. The number of rotatable bonds is 5. The van der Waals surface area contributed by atoms with Crippen molar-refractivity contribution in [2.75, 3.05) is 6.54 Å². The first kappa shape index (κ1) is 17.0. The maximum absolute atomic E-state index is 12.7. The van der Waals surface area contributed by atoms with E-state index in [2.05, 4.69) is 10.3 Å². The Hall–Kier alpha value is -3.48. The van der Waals surface area contributed by atoms with Crippen LogP contribution in [0.1, 0.15) is 54.6 Å². The van der Waals surface area contributed by atoms with E-state index >= 15 is 0 Å². The van der Waals surface area contributed by atoms with Crippen LogP contribution in [0.25, 0.3) is 0 Å². The molecule has 2 aromatic heterocycles. The van der Waals surface area contributed by atoms with E-state index in [0.717, 1.165) is 6.54 Å². The zero-order chi connectivity index (χ0) is 19.0. The molecule has 3 aromatic rings. The van der Waals surface area contributed by atoms with E-state index in [9.17, 15) is 14.4 Å². The number of carbonyl (C=O) groups excluding carboxylic acids is 3. The van der Waals surface area contributed by atoms with Gasteiger partial charge in [0.2, 0.25) is 5.78 Å². The topological polar surface area (TPSA) is 94.2 Å². The van der Waals surface area contributed by atoms with E-state index in [0.29, 0.717) is 29.7 Å². The van der Waals surface area contributed by atoms with Crippen molar-refractivity contribution in [3.63, 3.8) is 0 Å². The Morgan fingerprint density at radius 3 is 2.63 bits per heavy atom. The lowest BCUT2D eigenvalue weighted by atomic mass is 9.87. The van der Waals surface area contributed by atoms with Gasteiger partial charge in [-0.15, -0.1) is 0 Å². The second kappa shape index (κ2) is 6.68. The van der Waals surface area contributed by atoms with Crippen molar-refractivity contribution in [2.45, 2.75) is 19.9 Å². The average Bonchev–Trinajstić information content (AvgIpc) is 3.31. The summed E-state index contributed by atoms with van der Waals surface area (Å²) in [4.78, 5) is 41.8. The summed E-state index contributed by atoms with van der Waals surface area (Å²) >= 11 is 0. The largest absolute Gasteiger partial charge is 0.446 e. The lowest BCUT2D eigenvalue weighted by molar-refractivity contribution is 0.0912. The predicted molar refractivity (Wildman–Crippen MR) is 95.9 cm³/mol. The highest BCUT2D eigenvalue weighted by molar-refractivity contribution is 6.28. The number of imidazole rings is 1. The Kier molecular flexibility index (Phi) is 4.19. The van der Waals surface area contributed by atoms with Gasteiger partial charge in [-0.25, -0.2) is 4.98 Å². The third-order valence-corrected chi connectivity index (χ3v) is 4.64. The summed E-state index contributed by atoms with van der Waals surface area (Å²) in [6.45, 7) is 2.78. The van der Waals surface area contributed by atoms with Gasteiger partial charge in [-0.2, -0.15) is 0 Å². The molecule has 0 spiro atoms. The predicted octanol–water partition coefficient (Wildman–Crippen LogP) is 2.38. The second-order valence-electron chi connectivity index (χ2n) is 6.37. The van der Waals surface area contributed by atoms with Crippen molar-refractivity contribution in [2.24, 2.45) is 0 Å². The van der Waals surface area contributed by atoms with Crippen LogP contribution < -0.4 is 5.32 Å². The van der Waals surface area contributed by atoms with Crippen LogP contribution >= 0.6 is 0 Å². The summed E-state index contributed by atoms with van der Waals surface area (Å²) in [6.07, 6.45) is 5.97. The molecule has 4 rings (SSSR count). The van der Waals surface area contributed by atoms with Gasteiger partial charge in [0, 0.05) is 42.2 Å². The highest BCUT2D eigenvalue weighted by atomic mass is 16.4. The first-order chi connectivity index (χ1) is 13.1. The van der Waals surface area contributed by atoms with Gasteiger partial charge in [-0.3, -0.25) is 14.4 Å². The molecule has 1 aliphatic rings. The molecule has 1 N–H and O–H groups in total. The average molecular weight is 363 g/mol. The molecule has 0 fully saturated rings. The number of fused-ring (bicyclic) bond motifs is 2. The van der Waals surface area contributed by atoms with Crippen molar-refractivity contribution in [1.29, 1.82) is 0 Å².